The minimum absolute atomic E-state index is 0.257. The topological polar surface area (TPSA) is 98.4 Å². The van der Waals surface area contributed by atoms with Gasteiger partial charge in [-0.1, -0.05) is 11.3 Å². The fourth-order valence-electron chi connectivity index (χ4n) is 2.26. The highest BCUT2D eigenvalue weighted by Crippen LogP contribution is 2.23. The second-order valence-corrected chi connectivity index (χ2v) is 7.94. The summed E-state index contributed by atoms with van der Waals surface area (Å²) in [5.74, 6) is 0.578. The van der Waals surface area contributed by atoms with Crippen LogP contribution in [0.2, 0.25) is 0 Å². The zero-order valence-electron chi connectivity index (χ0n) is 11.8. The van der Waals surface area contributed by atoms with E-state index in [1.165, 1.54) is 15.6 Å². The number of hydrogen-bond acceptors (Lipinski definition) is 7. The summed E-state index contributed by atoms with van der Waals surface area (Å²) in [6, 6.07) is 6.43. The highest BCUT2D eigenvalue weighted by molar-refractivity contribution is 7.89. The third-order valence-corrected chi connectivity index (χ3v) is 6.01. The zero-order chi connectivity index (χ0) is 15.6. The SMILES string of the molecule is Nc1nnc(COc2ccc(S(=O)(=O)N3CCCC3)cc2)s1. The average molecular weight is 340 g/mol. The largest absolute Gasteiger partial charge is 0.486 e. The average Bonchev–Trinajstić information content (AvgIpc) is 3.17. The number of aromatic nitrogens is 2. The Balaban J connectivity index is 1.67. The van der Waals surface area contributed by atoms with Crippen LogP contribution in [0.5, 0.6) is 5.75 Å². The Morgan fingerprint density at radius 2 is 1.86 bits per heavy atom. The lowest BCUT2D eigenvalue weighted by Gasteiger charge is -2.15. The Labute approximate surface area is 132 Å². The van der Waals surface area contributed by atoms with Crippen molar-refractivity contribution in [1.29, 1.82) is 0 Å². The van der Waals surface area contributed by atoms with Crippen molar-refractivity contribution < 1.29 is 13.2 Å². The molecular formula is C13H16N4O3S2. The van der Waals surface area contributed by atoms with E-state index in [-0.39, 0.29) is 6.61 Å². The molecule has 3 rings (SSSR count). The van der Waals surface area contributed by atoms with Crippen LogP contribution in [-0.2, 0) is 16.6 Å². The van der Waals surface area contributed by atoms with E-state index in [4.69, 9.17) is 10.5 Å². The number of nitrogen functional groups attached to an aromatic ring is 1. The highest BCUT2D eigenvalue weighted by atomic mass is 32.2. The van der Waals surface area contributed by atoms with Gasteiger partial charge in [-0.25, -0.2) is 8.42 Å². The first-order chi connectivity index (χ1) is 10.6. The number of hydrogen-bond donors (Lipinski definition) is 1. The molecule has 0 bridgehead atoms. The number of nitrogens with zero attached hydrogens (tertiary/aromatic N) is 3. The van der Waals surface area contributed by atoms with E-state index in [9.17, 15) is 8.42 Å². The van der Waals surface area contributed by atoms with Crippen LogP contribution < -0.4 is 10.5 Å². The fourth-order valence-corrected chi connectivity index (χ4v) is 4.30. The number of benzene rings is 1. The summed E-state index contributed by atoms with van der Waals surface area (Å²) in [5, 5.41) is 8.62. The monoisotopic (exact) mass is 340 g/mol. The number of nitrogens with two attached hydrogens (primary N) is 1. The third-order valence-electron chi connectivity index (χ3n) is 3.37. The van der Waals surface area contributed by atoms with Crippen molar-refractivity contribution in [2.75, 3.05) is 18.8 Å². The van der Waals surface area contributed by atoms with Gasteiger partial charge in [-0.2, -0.15) is 4.31 Å². The van der Waals surface area contributed by atoms with Gasteiger partial charge < -0.3 is 10.5 Å². The Kier molecular flexibility index (Phi) is 4.27. The second-order valence-electron chi connectivity index (χ2n) is 4.91. The Morgan fingerprint density at radius 3 is 2.45 bits per heavy atom. The molecule has 2 aromatic rings. The normalized spacial score (nSPS) is 16.0. The lowest BCUT2D eigenvalue weighted by atomic mass is 10.3. The summed E-state index contributed by atoms with van der Waals surface area (Å²) >= 11 is 1.26. The van der Waals surface area contributed by atoms with Crippen molar-refractivity contribution in [2.24, 2.45) is 0 Å². The second kappa shape index (κ2) is 6.19. The van der Waals surface area contributed by atoms with Gasteiger partial charge in [-0.3, -0.25) is 0 Å². The van der Waals surface area contributed by atoms with Crippen LogP contribution in [0.1, 0.15) is 17.8 Å². The Hall–Kier alpha value is -1.71. The van der Waals surface area contributed by atoms with Gasteiger partial charge in [0.1, 0.15) is 12.4 Å². The van der Waals surface area contributed by atoms with Crippen molar-refractivity contribution >= 4 is 26.5 Å². The van der Waals surface area contributed by atoms with Crippen LogP contribution in [0, 0.1) is 0 Å². The fraction of sp³-hybridized carbons (Fsp3) is 0.385. The molecule has 1 fully saturated rings. The molecule has 0 radical (unpaired) electrons. The maximum absolute atomic E-state index is 12.4. The molecule has 0 aliphatic carbocycles. The van der Waals surface area contributed by atoms with E-state index in [1.54, 1.807) is 24.3 Å². The molecule has 118 valence electrons. The van der Waals surface area contributed by atoms with E-state index >= 15 is 0 Å². The number of rotatable bonds is 5. The lowest BCUT2D eigenvalue weighted by molar-refractivity contribution is 0.304. The van der Waals surface area contributed by atoms with Gasteiger partial charge >= 0.3 is 0 Å². The Bertz CT molecular complexity index is 737. The molecule has 1 aromatic carbocycles. The van der Waals surface area contributed by atoms with Crippen LogP contribution in [0.4, 0.5) is 5.13 Å². The summed E-state index contributed by atoms with van der Waals surface area (Å²) in [6.07, 6.45) is 1.84. The Morgan fingerprint density at radius 1 is 1.18 bits per heavy atom. The summed E-state index contributed by atoms with van der Waals surface area (Å²) < 4.78 is 31.8. The number of ether oxygens (including phenoxy) is 1. The van der Waals surface area contributed by atoms with Gasteiger partial charge in [0.2, 0.25) is 15.2 Å². The third kappa shape index (κ3) is 3.21. The minimum atomic E-state index is -3.38. The first-order valence-corrected chi connectivity index (χ1v) is 9.12. The van der Waals surface area contributed by atoms with Crippen LogP contribution in [-0.4, -0.2) is 36.0 Å². The van der Waals surface area contributed by atoms with Gasteiger partial charge in [0.15, 0.2) is 5.01 Å². The molecule has 1 saturated heterocycles. The molecule has 0 atom stereocenters. The van der Waals surface area contributed by atoms with Gasteiger partial charge in [-0.15, -0.1) is 10.2 Å². The predicted octanol–water partition coefficient (Wildman–Crippen LogP) is 1.48. The molecule has 0 spiro atoms. The van der Waals surface area contributed by atoms with Gasteiger partial charge in [0.05, 0.1) is 4.90 Å². The van der Waals surface area contributed by atoms with Gasteiger partial charge in [0, 0.05) is 13.1 Å². The van der Waals surface area contributed by atoms with E-state index in [0.29, 0.717) is 33.9 Å². The maximum Gasteiger partial charge on any atom is 0.243 e. The number of anilines is 1. The standard InChI is InChI=1S/C13H16N4O3S2/c14-13-16-15-12(21-13)9-20-10-3-5-11(6-4-10)22(18,19)17-7-1-2-8-17/h3-6H,1-2,7-9H2,(H2,14,16). The lowest BCUT2D eigenvalue weighted by Crippen LogP contribution is -2.27. The van der Waals surface area contributed by atoms with E-state index in [0.717, 1.165) is 12.8 Å². The molecule has 7 nitrogen and oxygen atoms in total. The summed E-state index contributed by atoms with van der Waals surface area (Å²) in [4.78, 5) is 0.293. The van der Waals surface area contributed by atoms with Gasteiger partial charge in [0.25, 0.3) is 0 Å². The minimum Gasteiger partial charge on any atom is -0.486 e. The van der Waals surface area contributed by atoms with Crippen LogP contribution >= 0.6 is 11.3 Å². The molecule has 1 aliphatic heterocycles. The zero-order valence-corrected chi connectivity index (χ0v) is 13.4. The highest BCUT2D eigenvalue weighted by Gasteiger charge is 2.26. The van der Waals surface area contributed by atoms with Crippen LogP contribution in [0.25, 0.3) is 0 Å². The molecule has 22 heavy (non-hydrogen) atoms. The van der Waals surface area contributed by atoms with Crippen molar-refractivity contribution in [3.8, 4) is 5.75 Å². The molecule has 1 aliphatic rings. The quantitative estimate of drug-likeness (QED) is 0.885. The first kappa shape index (κ1) is 15.2. The molecule has 0 unspecified atom stereocenters. The molecule has 9 heteroatoms. The van der Waals surface area contributed by atoms with Crippen LogP contribution in [0.3, 0.4) is 0 Å². The van der Waals surface area contributed by atoms with Crippen molar-refractivity contribution in [2.45, 2.75) is 24.3 Å². The van der Waals surface area contributed by atoms with Crippen molar-refractivity contribution in [1.82, 2.24) is 14.5 Å². The molecule has 2 heterocycles. The van der Waals surface area contributed by atoms with E-state index in [2.05, 4.69) is 10.2 Å². The van der Waals surface area contributed by atoms with E-state index in [1.807, 2.05) is 0 Å². The summed E-state index contributed by atoms with van der Waals surface area (Å²) in [7, 11) is -3.38. The van der Waals surface area contributed by atoms with Crippen molar-refractivity contribution in [3.05, 3.63) is 29.3 Å². The predicted molar refractivity (Wildman–Crippen MR) is 83.1 cm³/mol. The van der Waals surface area contributed by atoms with Crippen molar-refractivity contribution in [3.63, 3.8) is 0 Å². The molecule has 0 saturated carbocycles. The first-order valence-electron chi connectivity index (χ1n) is 6.86. The maximum atomic E-state index is 12.4. The molecular weight excluding hydrogens is 324 g/mol. The van der Waals surface area contributed by atoms with Gasteiger partial charge in [-0.05, 0) is 37.1 Å². The smallest absolute Gasteiger partial charge is 0.243 e. The summed E-state index contributed by atoms with van der Waals surface area (Å²) in [5.41, 5.74) is 5.49. The van der Waals surface area contributed by atoms with E-state index < -0.39 is 10.0 Å². The van der Waals surface area contributed by atoms with Crippen LogP contribution in [0.15, 0.2) is 29.2 Å². The molecule has 2 N–H and O–H groups in total. The summed E-state index contributed by atoms with van der Waals surface area (Å²) in [6.45, 7) is 1.45. The molecule has 0 amide bonds. The number of sulfonamides is 1. The molecule has 1 aromatic heterocycles.